The Bertz CT molecular complexity index is 1610. The summed E-state index contributed by atoms with van der Waals surface area (Å²) in [5, 5.41) is 17.3. The molecule has 0 amide bonds. The highest BCUT2D eigenvalue weighted by Crippen LogP contribution is 2.35. The molecule has 0 bridgehead atoms. The Labute approximate surface area is 209 Å². The summed E-state index contributed by atoms with van der Waals surface area (Å²) in [6.45, 7) is 4.49. The summed E-state index contributed by atoms with van der Waals surface area (Å²) in [5.41, 5.74) is 5.05. The van der Waals surface area contributed by atoms with Crippen molar-refractivity contribution in [3.05, 3.63) is 74.3 Å². The Balaban J connectivity index is 1.53. The van der Waals surface area contributed by atoms with Crippen LogP contribution in [0.2, 0.25) is 0 Å². The Morgan fingerprint density at radius 2 is 1.86 bits per heavy atom. The summed E-state index contributed by atoms with van der Waals surface area (Å²) >= 11 is 2.88. The zero-order valence-electron chi connectivity index (χ0n) is 19.4. The second kappa shape index (κ2) is 9.20. The number of imidazole rings is 1. The summed E-state index contributed by atoms with van der Waals surface area (Å²) in [4.78, 5) is 29.8. The van der Waals surface area contributed by atoms with Crippen molar-refractivity contribution in [1.29, 1.82) is 0 Å². The number of hydrogen-bond donors (Lipinski definition) is 2. The van der Waals surface area contributed by atoms with E-state index >= 15 is 0 Å². The van der Waals surface area contributed by atoms with Crippen molar-refractivity contribution in [1.82, 2.24) is 24.3 Å². The van der Waals surface area contributed by atoms with E-state index in [1.165, 1.54) is 15.9 Å². The number of benzene rings is 2. The summed E-state index contributed by atoms with van der Waals surface area (Å²) in [6, 6.07) is 16.0. The first-order valence-electron chi connectivity index (χ1n) is 11.0. The van der Waals surface area contributed by atoms with Gasteiger partial charge in [-0.25, -0.2) is 19.7 Å². The van der Waals surface area contributed by atoms with E-state index in [1.54, 1.807) is 18.8 Å². The van der Waals surface area contributed by atoms with E-state index in [1.807, 2.05) is 60.0 Å². The second-order valence-corrected chi connectivity index (χ2v) is 10.5. The lowest BCUT2D eigenvalue weighted by Crippen LogP contribution is -2.13. The molecule has 0 saturated heterocycles. The van der Waals surface area contributed by atoms with E-state index in [2.05, 4.69) is 17.1 Å². The third kappa shape index (κ3) is 4.08. The maximum atomic E-state index is 11.9. The molecule has 0 atom stereocenters. The van der Waals surface area contributed by atoms with Gasteiger partial charge in [-0.2, -0.15) is 5.10 Å². The molecule has 5 aromatic rings. The van der Waals surface area contributed by atoms with Crippen LogP contribution in [0.4, 0.5) is 0 Å². The smallest absolute Gasteiger partial charge is 0.348 e. The molecular formula is C25H23N5O3S2. The van der Waals surface area contributed by atoms with Crippen LogP contribution in [0, 0.1) is 6.92 Å². The van der Waals surface area contributed by atoms with Crippen molar-refractivity contribution < 1.29 is 9.90 Å². The van der Waals surface area contributed by atoms with Gasteiger partial charge in [0.15, 0.2) is 11.0 Å². The molecule has 3 heterocycles. The van der Waals surface area contributed by atoms with Gasteiger partial charge in [0.25, 0.3) is 0 Å². The summed E-state index contributed by atoms with van der Waals surface area (Å²) in [7, 11) is 1.69. The Morgan fingerprint density at radius 3 is 2.49 bits per heavy atom. The molecule has 3 aromatic heterocycles. The van der Waals surface area contributed by atoms with Crippen LogP contribution >= 0.6 is 23.1 Å². The van der Waals surface area contributed by atoms with Crippen molar-refractivity contribution >= 4 is 40.1 Å². The average Bonchev–Trinajstić information content (AvgIpc) is 3.48. The number of aromatic nitrogens is 5. The molecule has 2 aromatic carbocycles. The minimum atomic E-state index is -0.929. The van der Waals surface area contributed by atoms with Crippen LogP contribution in [0.5, 0.6) is 0 Å². The quantitative estimate of drug-likeness (QED) is 0.301. The van der Waals surface area contributed by atoms with Crippen LogP contribution in [0.25, 0.3) is 33.5 Å². The molecule has 0 aliphatic heterocycles. The predicted octanol–water partition coefficient (Wildman–Crippen LogP) is 5.02. The number of aryl methyl sites for hydroxylation is 1. The zero-order chi connectivity index (χ0) is 24.7. The average molecular weight is 506 g/mol. The van der Waals surface area contributed by atoms with Crippen LogP contribution in [-0.2, 0) is 13.6 Å². The van der Waals surface area contributed by atoms with Gasteiger partial charge in [-0.15, -0.1) is 11.3 Å². The summed E-state index contributed by atoms with van der Waals surface area (Å²) in [6.07, 6.45) is 0. The fourth-order valence-corrected chi connectivity index (χ4v) is 5.84. The van der Waals surface area contributed by atoms with Gasteiger partial charge in [0.1, 0.15) is 10.4 Å². The number of fused-ring (bicyclic) bond motifs is 1. The van der Waals surface area contributed by atoms with Crippen molar-refractivity contribution in [3.8, 4) is 22.5 Å². The first-order valence-corrected chi connectivity index (χ1v) is 12.8. The predicted molar refractivity (Wildman–Crippen MR) is 140 cm³/mol. The number of thiophene rings is 1. The SMILES string of the molecule is CCSc1nc2c(C)sc(C(=O)O)c2n1Cc1ccc(-c2ccccc2-c2n[nH]c(=O)n2C)cc1. The third-order valence-electron chi connectivity index (χ3n) is 5.86. The number of H-pyrrole nitrogens is 1. The van der Waals surface area contributed by atoms with E-state index in [9.17, 15) is 14.7 Å². The van der Waals surface area contributed by atoms with E-state index in [4.69, 9.17) is 4.98 Å². The Kier molecular flexibility index (Phi) is 6.08. The van der Waals surface area contributed by atoms with E-state index < -0.39 is 5.97 Å². The molecule has 0 aliphatic rings. The number of nitrogens with zero attached hydrogens (tertiary/aromatic N) is 4. The normalized spacial score (nSPS) is 11.4. The van der Waals surface area contributed by atoms with E-state index in [0.29, 0.717) is 22.8 Å². The van der Waals surface area contributed by atoms with Gasteiger partial charge in [0.05, 0.1) is 12.1 Å². The standard InChI is InChI=1S/C25H23N5O3S2/c1-4-34-25-26-19-14(2)35-21(23(31)32)20(19)30(25)13-15-9-11-16(12-10-15)17-7-5-6-8-18(17)22-27-28-24(33)29(22)3/h5-12H,4,13H2,1-3H3,(H,28,33)(H,31,32). The molecule has 2 N–H and O–H groups in total. The molecule has 35 heavy (non-hydrogen) atoms. The molecule has 0 unspecified atom stereocenters. The van der Waals surface area contributed by atoms with Crippen molar-refractivity contribution in [2.24, 2.45) is 7.05 Å². The molecule has 10 heteroatoms. The highest BCUT2D eigenvalue weighted by atomic mass is 32.2. The number of rotatable bonds is 7. The minimum Gasteiger partial charge on any atom is -0.477 e. The number of carboxylic acid groups (broad SMARTS) is 1. The Hall–Kier alpha value is -3.63. The van der Waals surface area contributed by atoms with Gasteiger partial charge in [-0.3, -0.25) is 4.57 Å². The van der Waals surface area contributed by atoms with Crippen molar-refractivity contribution in [2.45, 2.75) is 25.5 Å². The number of aromatic amines is 1. The van der Waals surface area contributed by atoms with Gasteiger partial charge >= 0.3 is 11.7 Å². The number of carboxylic acids is 1. The molecule has 178 valence electrons. The van der Waals surface area contributed by atoms with Gasteiger partial charge < -0.3 is 9.67 Å². The van der Waals surface area contributed by atoms with Gasteiger partial charge in [0.2, 0.25) is 0 Å². The van der Waals surface area contributed by atoms with Crippen molar-refractivity contribution in [3.63, 3.8) is 0 Å². The first kappa shape index (κ1) is 23.1. The molecule has 5 rings (SSSR count). The molecule has 0 aliphatic carbocycles. The number of hydrogen-bond acceptors (Lipinski definition) is 6. The fourth-order valence-electron chi connectivity index (χ4n) is 4.18. The monoisotopic (exact) mass is 505 g/mol. The highest BCUT2D eigenvalue weighted by molar-refractivity contribution is 7.99. The van der Waals surface area contributed by atoms with Crippen LogP contribution in [-0.4, -0.2) is 41.1 Å². The molecule has 8 nitrogen and oxygen atoms in total. The third-order valence-corrected chi connectivity index (χ3v) is 7.79. The summed E-state index contributed by atoms with van der Waals surface area (Å²) < 4.78 is 3.51. The largest absolute Gasteiger partial charge is 0.477 e. The van der Waals surface area contributed by atoms with E-state index in [0.717, 1.165) is 43.6 Å². The van der Waals surface area contributed by atoms with Crippen LogP contribution < -0.4 is 5.69 Å². The topological polar surface area (TPSA) is 106 Å². The van der Waals surface area contributed by atoms with Gasteiger partial charge in [-0.1, -0.05) is 67.2 Å². The fraction of sp³-hybridized carbons (Fsp3) is 0.200. The number of aromatic carboxylic acids is 1. The molecular weight excluding hydrogens is 482 g/mol. The lowest BCUT2D eigenvalue weighted by Gasteiger charge is -2.12. The maximum Gasteiger partial charge on any atom is 0.348 e. The number of carbonyl (C=O) groups is 1. The molecule has 0 spiro atoms. The minimum absolute atomic E-state index is 0.262. The number of thioether (sulfide) groups is 1. The van der Waals surface area contributed by atoms with Gasteiger partial charge in [-0.05, 0) is 29.4 Å². The van der Waals surface area contributed by atoms with Crippen LogP contribution in [0.3, 0.4) is 0 Å². The number of nitrogens with one attached hydrogen (secondary N) is 1. The molecule has 0 saturated carbocycles. The zero-order valence-corrected chi connectivity index (χ0v) is 21.0. The van der Waals surface area contributed by atoms with Crippen LogP contribution in [0.15, 0.2) is 58.5 Å². The highest BCUT2D eigenvalue weighted by Gasteiger charge is 2.23. The van der Waals surface area contributed by atoms with Gasteiger partial charge in [0, 0.05) is 17.5 Å². The first-order chi connectivity index (χ1) is 16.9. The lowest BCUT2D eigenvalue weighted by molar-refractivity contribution is 0.0703. The second-order valence-electron chi connectivity index (χ2n) is 8.06. The molecule has 0 radical (unpaired) electrons. The molecule has 0 fully saturated rings. The van der Waals surface area contributed by atoms with E-state index in [-0.39, 0.29) is 5.69 Å². The van der Waals surface area contributed by atoms with Crippen molar-refractivity contribution in [2.75, 3.05) is 5.75 Å². The Morgan fingerprint density at radius 1 is 1.14 bits per heavy atom. The maximum absolute atomic E-state index is 11.9. The lowest BCUT2D eigenvalue weighted by atomic mass is 9.98. The summed E-state index contributed by atoms with van der Waals surface area (Å²) in [5.74, 6) is 0.489. The van der Waals surface area contributed by atoms with Crippen LogP contribution in [0.1, 0.15) is 27.0 Å².